The second-order valence-electron chi connectivity index (χ2n) is 5.89. The van der Waals surface area contributed by atoms with Gasteiger partial charge in [-0.1, -0.05) is 38.0 Å². The highest BCUT2D eigenvalue weighted by Crippen LogP contribution is 2.52. The van der Waals surface area contributed by atoms with E-state index >= 15 is 0 Å². The lowest BCUT2D eigenvalue weighted by atomic mass is 9.70. The van der Waals surface area contributed by atoms with Crippen LogP contribution >= 0.6 is 0 Å². The quantitative estimate of drug-likeness (QED) is 0.651. The smallest absolute Gasteiger partial charge is 0.0171 e. The van der Waals surface area contributed by atoms with Crippen molar-refractivity contribution in [1.29, 1.82) is 0 Å². The molecule has 0 heterocycles. The normalized spacial score (nSPS) is 22.6. The Bertz CT molecular complexity index is 505. The Labute approximate surface area is 112 Å². The number of hydrogen-bond acceptors (Lipinski definition) is 0. The molecule has 0 heteroatoms. The van der Waals surface area contributed by atoms with Crippen LogP contribution in [0.4, 0.5) is 0 Å². The zero-order valence-corrected chi connectivity index (χ0v) is 12.8. The van der Waals surface area contributed by atoms with E-state index in [1.165, 1.54) is 36.0 Å². The summed E-state index contributed by atoms with van der Waals surface area (Å²) in [7, 11) is 0. The van der Waals surface area contributed by atoms with E-state index in [9.17, 15) is 0 Å². The molecule has 1 aromatic carbocycles. The summed E-state index contributed by atoms with van der Waals surface area (Å²) in [6, 6.07) is 4.59. The minimum atomic E-state index is 0.310. The minimum absolute atomic E-state index is 0.310. The molecular formula is C18H26. The van der Waals surface area contributed by atoms with Gasteiger partial charge in [0.1, 0.15) is 0 Å². The van der Waals surface area contributed by atoms with E-state index in [-0.39, 0.29) is 0 Å². The van der Waals surface area contributed by atoms with Crippen LogP contribution in [0.2, 0.25) is 0 Å². The highest BCUT2D eigenvalue weighted by molar-refractivity contribution is 5.81. The molecular weight excluding hydrogens is 216 g/mol. The van der Waals surface area contributed by atoms with E-state index < -0.39 is 0 Å². The average Bonchev–Trinajstić information content (AvgIpc) is 2.58. The third-order valence-electron chi connectivity index (χ3n) is 5.04. The molecule has 0 N–H and O–H groups in total. The lowest BCUT2D eigenvalue weighted by Crippen LogP contribution is -2.25. The highest BCUT2D eigenvalue weighted by atomic mass is 14.4. The Morgan fingerprint density at radius 1 is 0.944 bits per heavy atom. The van der Waals surface area contributed by atoms with Crippen molar-refractivity contribution in [3.63, 3.8) is 0 Å². The predicted octanol–water partition coefficient (Wildman–Crippen LogP) is 5.56. The van der Waals surface area contributed by atoms with Gasteiger partial charge in [0.2, 0.25) is 0 Å². The van der Waals surface area contributed by atoms with Gasteiger partial charge in [-0.2, -0.15) is 0 Å². The van der Waals surface area contributed by atoms with Crippen LogP contribution in [0.3, 0.4) is 0 Å². The summed E-state index contributed by atoms with van der Waals surface area (Å²) in [5, 5.41) is 0. The molecule has 0 aromatic heterocycles. The van der Waals surface area contributed by atoms with Crippen LogP contribution < -0.4 is 0 Å². The van der Waals surface area contributed by atoms with Gasteiger partial charge in [-0.05, 0) is 68.4 Å². The topological polar surface area (TPSA) is 0 Å². The molecule has 0 nitrogen and oxygen atoms in total. The lowest BCUT2D eigenvalue weighted by molar-refractivity contribution is 0.446. The van der Waals surface area contributed by atoms with Crippen LogP contribution in [-0.4, -0.2) is 0 Å². The van der Waals surface area contributed by atoms with Crippen LogP contribution in [-0.2, 0) is 5.41 Å². The van der Waals surface area contributed by atoms with Crippen molar-refractivity contribution in [2.24, 2.45) is 0 Å². The largest absolute Gasteiger partial charge is 0.0653 e. The maximum absolute atomic E-state index is 2.35. The summed E-state index contributed by atoms with van der Waals surface area (Å²) >= 11 is 0. The molecule has 18 heavy (non-hydrogen) atoms. The SMILES string of the molecule is CCCC1(CC)C(C)=C(C)c2c(C)ccc(C)c21. The Morgan fingerprint density at radius 3 is 2.11 bits per heavy atom. The minimum Gasteiger partial charge on any atom is -0.0653 e. The van der Waals surface area contributed by atoms with E-state index in [1.54, 1.807) is 16.7 Å². The standard InChI is InChI=1S/C18H26/c1-7-11-18(8-2)15(6)14(5)16-12(3)9-10-13(4)17(16)18/h9-10H,7-8,11H2,1-6H3. The number of aryl methyl sites for hydroxylation is 2. The van der Waals surface area contributed by atoms with Crippen LogP contribution in [0.15, 0.2) is 17.7 Å². The Hall–Kier alpha value is -1.04. The summed E-state index contributed by atoms with van der Waals surface area (Å²) in [6.07, 6.45) is 3.76. The van der Waals surface area contributed by atoms with Crippen LogP contribution in [0.1, 0.15) is 69.2 Å². The van der Waals surface area contributed by atoms with Crippen molar-refractivity contribution in [2.45, 2.75) is 66.2 Å². The van der Waals surface area contributed by atoms with Crippen molar-refractivity contribution in [2.75, 3.05) is 0 Å². The van der Waals surface area contributed by atoms with Gasteiger partial charge < -0.3 is 0 Å². The van der Waals surface area contributed by atoms with Crippen LogP contribution in [0.25, 0.3) is 5.57 Å². The van der Waals surface area contributed by atoms with Gasteiger partial charge in [-0.25, -0.2) is 0 Å². The summed E-state index contributed by atoms with van der Waals surface area (Å²) in [6.45, 7) is 13.9. The molecule has 0 radical (unpaired) electrons. The third-order valence-corrected chi connectivity index (χ3v) is 5.04. The number of fused-ring (bicyclic) bond motifs is 1. The van der Waals surface area contributed by atoms with E-state index in [2.05, 4.69) is 53.7 Å². The number of allylic oxidation sites excluding steroid dienone is 2. The van der Waals surface area contributed by atoms with Gasteiger partial charge >= 0.3 is 0 Å². The Kier molecular flexibility index (Phi) is 3.40. The molecule has 1 aromatic rings. The first-order valence-electron chi connectivity index (χ1n) is 7.28. The summed E-state index contributed by atoms with van der Waals surface area (Å²) in [5.74, 6) is 0. The van der Waals surface area contributed by atoms with Crippen molar-refractivity contribution >= 4 is 5.57 Å². The molecule has 2 rings (SSSR count). The number of hydrogen-bond donors (Lipinski definition) is 0. The number of rotatable bonds is 3. The van der Waals surface area contributed by atoms with Gasteiger partial charge in [-0.3, -0.25) is 0 Å². The maximum Gasteiger partial charge on any atom is 0.0171 e. The molecule has 0 aliphatic heterocycles. The van der Waals surface area contributed by atoms with E-state index in [0.29, 0.717) is 5.41 Å². The molecule has 98 valence electrons. The van der Waals surface area contributed by atoms with E-state index in [4.69, 9.17) is 0 Å². The Balaban J connectivity index is 2.79. The molecule has 1 atom stereocenters. The molecule has 0 spiro atoms. The predicted molar refractivity (Wildman–Crippen MR) is 81.1 cm³/mol. The van der Waals surface area contributed by atoms with Crippen molar-refractivity contribution < 1.29 is 0 Å². The number of benzene rings is 1. The second-order valence-corrected chi connectivity index (χ2v) is 5.89. The third kappa shape index (κ3) is 1.58. The summed E-state index contributed by atoms with van der Waals surface area (Å²) < 4.78 is 0. The van der Waals surface area contributed by atoms with Crippen LogP contribution in [0, 0.1) is 13.8 Å². The Morgan fingerprint density at radius 2 is 1.56 bits per heavy atom. The summed E-state index contributed by atoms with van der Waals surface area (Å²) in [4.78, 5) is 0. The van der Waals surface area contributed by atoms with Gasteiger partial charge in [0, 0.05) is 5.41 Å². The molecule has 0 saturated carbocycles. The van der Waals surface area contributed by atoms with Gasteiger partial charge in [0.15, 0.2) is 0 Å². The van der Waals surface area contributed by atoms with Crippen molar-refractivity contribution in [1.82, 2.24) is 0 Å². The van der Waals surface area contributed by atoms with Gasteiger partial charge in [0.05, 0.1) is 0 Å². The highest BCUT2D eigenvalue weighted by Gasteiger charge is 2.41. The molecule has 0 saturated heterocycles. The molecule has 0 fully saturated rings. The van der Waals surface area contributed by atoms with Crippen LogP contribution in [0.5, 0.6) is 0 Å². The average molecular weight is 242 g/mol. The van der Waals surface area contributed by atoms with Crippen molar-refractivity contribution in [3.05, 3.63) is 40.0 Å². The zero-order valence-electron chi connectivity index (χ0n) is 12.8. The summed E-state index contributed by atoms with van der Waals surface area (Å²) in [5.41, 5.74) is 9.54. The molecule has 1 aliphatic carbocycles. The fourth-order valence-electron chi connectivity index (χ4n) is 4.00. The molecule has 0 amide bonds. The first kappa shape index (κ1) is 13.4. The zero-order chi connectivity index (χ0) is 13.5. The lowest BCUT2D eigenvalue weighted by Gasteiger charge is -2.33. The van der Waals surface area contributed by atoms with Gasteiger partial charge in [-0.15, -0.1) is 0 Å². The van der Waals surface area contributed by atoms with Gasteiger partial charge in [0.25, 0.3) is 0 Å². The fourth-order valence-corrected chi connectivity index (χ4v) is 4.00. The first-order chi connectivity index (χ1) is 8.49. The van der Waals surface area contributed by atoms with E-state index in [0.717, 1.165) is 0 Å². The molecule has 1 aliphatic rings. The first-order valence-corrected chi connectivity index (χ1v) is 7.28. The molecule has 1 unspecified atom stereocenters. The molecule has 0 bridgehead atoms. The monoisotopic (exact) mass is 242 g/mol. The van der Waals surface area contributed by atoms with Crippen molar-refractivity contribution in [3.8, 4) is 0 Å². The second kappa shape index (κ2) is 4.57. The fraction of sp³-hybridized carbons (Fsp3) is 0.556. The maximum atomic E-state index is 2.35. The van der Waals surface area contributed by atoms with E-state index in [1.807, 2.05) is 0 Å².